The molecule has 0 aliphatic heterocycles. The summed E-state index contributed by atoms with van der Waals surface area (Å²) in [6.45, 7) is 2.83. The third-order valence-electron chi connectivity index (χ3n) is 4.62. The van der Waals surface area contributed by atoms with Crippen LogP contribution in [0.2, 0.25) is 0 Å². The fourth-order valence-corrected chi connectivity index (χ4v) is 3.53. The molecule has 0 saturated carbocycles. The first-order valence-corrected chi connectivity index (χ1v) is 8.12. The van der Waals surface area contributed by atoms with Gasteiger partial charge in [-0.05, 0) is 59.0 Å². The summed E-state index contributed by atoms with van der Waals surface area (Å²) in [5, 5.41) is 13.4. The molecule has 0 radical (unpaired) electrons. The maximum atomic E-state index is 12.8. The molecule has 2 aliphatic carbocycles. The molecule has 0 heterocycles. The summed E-state index contributed by atoms with van der Waals surface area (Å²) < 4.78 is 10.6. The molecule has 0 atom stereocenters. The Bertz CT molecular complexity index is 1250. The van der Waals surface area contributed by atoms with Crippen molar-refractivity contribution in [2.75, 3.05) is 7.11 Å². The Morgan fingerprint density at radius 1 is 0.923 bits per heavy atom. The molecule has 2 aromatic rings. The van der Waals surface area contributed by atoms with Gasteiger partial charge in [0, 0.05) is 17.9 Å². The number of hydrogen-bond acceptors (Lipinski definition) is 5. The second-order valence-electron chi connectivity index (χ2n) is 6.28. The van der Waals surface area contributed by atoms with Crippen molar-refractivity contribution in [3.05, 3.63) is 51.8 Å². The van der Waals surface area contributed by atoms with E-state index in [-0.39, 0.29) is 16.4 Å². The van der Waals surface area contributed by atoms with Crippen molar-refractivity contribution in [1.82, 2.24) is 0 Å². The fourth-order valence-electron chi connectivity index (χ4n) is 3.53. The summed E-state index contributed by atoms with van der Waals surface area (Å²) in [6.07, 6.45) is 0. The Morgan fingerprint density at radius 2 is 1.62 bits per heavy atom. The lowest BCUT2D eigenvalue weighted by Gasteiger charge is -2.08. The monoisotopic (exact) mass is 348 g/mol. The maximum absolute atomic E-state index is 12.8. The van der Waals surface area contributed by atoms with E-state index in [1.54, 1.807) is 31.4 Å². The Hall–Kier alpha value is -3.34. The minimum absolute atomic E-state index is 0.0397. The van der Waals surface area contributed by atoms with Crippen LogP contribution in [0.3, 0.4) is 0 Å². The molecule has 2 aromatic carbocycles. The molecule has 0 unspecified atom stereocenters. The van der Waals surface area contributed by atoms with Crippen molar-refractivity contribution in [3.63, 3.8) is 0 Å². The lowest BCUT2D eigenvalue weighted by Crippen LogP contribution is -2.27. The van der Waals surface area contributed by atoms with Crippen LogP contribution in [0.5, 0.6) is 11.5 Å². The number of aliphatic hydroxyl groups excluding tert-OH is 1. The van der Waals surface area contributed by atoms with Crippen LogP contribution in [0.1, 0.15) is 13.8 Å². The van der Waals surface area contributed by atoms with E-state index in [0.29, 0.717) is 16.9 Å². The number of methoxy groups -OCH3 is 1. The molecule has 130 valence electrons. The molecule has 0 saturated heterocycles. The van der Waals surface area contributed by atoms with Crippen molar-refractivity contribution < 1.29 is 19.4 Å². The van der Waals surface area contributed by atoms with E-state index < -0.39 is 5.97 Å². The first-order valence-electron chi connectivity index (χ1n) is 8.12. The van der Waals surface area contributed by atoms with E-state index in [1.807, 2.05) is 12.1 Å². The van der Waals surface area contributed by atoms with Gasteiger partial charge in [0.15, 0.2) is 5.43 Å². The highest BCUT2D eigenvalue weighted by atomic mass is 16.5. The molecule has 0 aromatic heterocycles. The second-order valence-corrected chi connectivity index (χ2v) is 6.28. The van der Waals surface area contributed by atoms with E-state index in [1.165, 1.54) is 13.8 Å². The average Bonchev–Trinajstić information content (AvgIpc) is 2.90. The predicted molar refractivity (Wildman–Crippen MR) is 100 cm³/mol. The van der Waals surface area contributed by atoms with Crippen molar-refractivity contribution in [1.29, 1.82) is 0 Å². The number of benzene rings is 3. The van der Waals surface area contributed by atoms with Gasteiger partial charge < -0.3 is 14.6 Å². The molecule has 0 bridgehead atoms. The van der Waals surface area contributed by atoms with Crippen LogP contribution in [-0.2, 0) is 4.79 Å². The highest BCUT2D eigenvalue weighted by Crippen LogP contribution is 2.44. The highest BCUT2D eigenvalue weighted by Gasteiger charge is 2.22. The van der Waals surface area contributed by atoms with Gasteiger partial charge >= 0.3 is 5.97 Å². The summed E-state index contributed by atoms with van der Waals surface area (Å²) in [5.41, 5.74) is 1.40. The van der Waals surface area contributed by atoms with Gasteiger partial charge in [-0.3, -0.25) is 9.59 Å². The number of carbonyl (C=O) groups is 1. The number of rotatable bonds is 2. The molecule has 5 nitrogen and oxygen atoms in total. The van der Waals surface area contributed by atoms with Gasteiger partial charge in [0.1, 0.15) is 17.3 Å². The van der Waals surface area contributed by atoms with Crippen molar-refractivity contribution in [2.45, 2.75) is 13.8 Å². The highest BCUT2D eigenvalue weighted by molar-refractivity contribution is 6.22. The molecule has 0 fully saturated rings. The van der Waals surface area contributed by atoms with E-state index >= 15 is 0 Å². The first kappa shape index (κ1) is 16.1. The minimum atomic E-state index is -0.401. The molecule has 26 heavy (non-hydrogen) atoms. The normalized spacial score (nSPS) is 12.7. The molecule has 1 N–H and O–H groups in total. The van der Waals surface area contributed by atoms with Crippen LogP contribution >= 0.6 is 0 Å². The van der Waals surface area contributed by atoms with Gasteiger partial charge in [-0.25, -0.2) is 0 Å². The number of aliphatic hydroxyl groups is 1. The molecule has 4 rings (SSSR count). The van der Waals surface area contributed by atoms with Gasteiger partial charge in [-0.1, -0.05) is 6.07 Å². The summed E-state index contributed by atoms with van der Waals surface area (Å²) in [6, 6.07) is 10.6. The molecule has 0 spiro atoms. The SMILES string of the molecule is COc1cc2c3c(c1)c1ccc(OC(C)=O)cc1c-3cc(=C(C)O)c2=O. The summed E-state index contributed by atoms with van der Waals surface area (Å²) in [5.74, 6) is 0.561. The van der Waals surface area contributed by atoms with Crippen LogP contribution in [0, 0.1) is 0 Å². The number of fused-ring (bicyclic) bond motifs is 3. The number of ether oxygens (including phenoxy) is 2. The zero-order chi connectivity index (χ0) is 18.6. The number of hydrogen-bond donors (Lipinski definition) is 1. The zero-order valence-corrected chi connectivity index (χ0v) is 14.5. The Balaban J connectivity index is 2.24. The minimum Gasteiger partial charge on any atom is -0.512 e. The number of carbonyl (C=O) groups excluding carboxylic acids is 1. The molecule has 0 amide bonds. The van der Waals surface area contributed by atoms with Gasteiger partial charge in [0.2, 0.25) is 0 Å². The van der Waals surface area contributed by atoms with E-state index in [9.17, 15) is 14.7 Å². The van der Waals surface area contributed by atoms with Gasteiger partial charge in [0.05, 0.1) is 12.3 Å². The van der Waals surface area contributed by atoms with Crippen LogP contribution < -0.4 is 20.1 Å². The first-order chi connectivity index (χ1) is 12.4. The van der Waals surface area contributed by atoms with E-state index in [4.69, 9.17) is 9.47 Å². The quantitative estimate of drug-likeness (QED) is 0.445. The Morgan fingerprint density at radius 3 is 2.27 bits per heavy atom. The van der Waals surface area contributed by atoms with Crippen LogP contribution in [0.15, 0.2) is 41.2 Å². The standard InChI is InChI=1S/C21H16O5/c1-10(22)15-9-18-16-6-12(26-11(2)23)4-5-14(16)17-7-13(25-3)8-19(20(17)18)21(15)24/h4-9,22H,1-3H3. The van der Waals surface area contributed by atoms with Crippen LogP contribution in [0.25, 0.3) is 38.4 Å². The summed E-state index contributed by atoms with van der Waals surface area (Å²) in [7, 11) is 1.55. The van der Waals surface area contributed by atoms with Gasteiger partial charge in [-0.2, -0.15) is 0 Å². The fraction of sp³-hybridized carbons (Fsp3) is 0.143. The Kier molecular flexibility index (Phi) is 3.47. The third-order valence-corrected chi connectivity index (χ3v) is 4.62. The van der Waals surface area contributed by atoms with Crippen LogP contribution in [-0.4, -0.2) is 18.2 Å². The van der Waals surface area contributed by atoms with E-state index in [0.717, 1.165) is 27.3 Å². The van der Waals surface area contributed by atoms with Gasteiger partial charge in [0.25, 0.3) is 0 Å². The zero-order valence-electron chi connectivity index (χ0n) is 14.5. The summed E-state index contributed by atoms with van der Waals surface area (Å²) in [4.78, 5) is 24.1. The number of esters is 1. The maximum Gasteiger partial charge on any atom is 0.308 e. The average molecular weight is 348 g/mol. The molecule has 5 heteroatoms. The lowest BCUT2D eigenvalue weighted by molar-refractivity contribution is -0.131. The topological polar surface area (TPSA) is 72.8 Å². The largest absolute Gasteiger partial charge is 0.512 e. The van der Waals surface area contributed by atoms with Crippen LogP contribution in [0.4, 0.5) is 0 Å². The summed E-state index contributed by atoms with van der Waals surface area (Å²) >= 11 is 0. The van der Waals surface area contributed by atoms with E-state index in [2.05, 4.69) is 0 Å². The van der Waals surface area contributed by atoms with Gasteiger partial charge in [-0.15, -0.1) is 0 Å². The Labute approximate surface area is 148 Å². The smallest absolute Gasteiger partial charge is 0.308 e. The predicted octanol–water partition coefficient (Wildman–Crippen LogP) is 3.23. The molecular weight excluding hydrogens is 332 g/mol. The van der Waals surface area contributed by atoms with Crippen molar-refractivity contribution in [3.8, 4) is 22.6 Å². The van der Waals surface area contributed by atoms with Crippen molar-refractivity contribution in [2.24, 2.45) is 0 Å². The third kappa shape index (κ3) is 2.24. The second kappa shape index (κ2) is 5.59. The molecule has 2 aliphatic rings. The van der Waals surface area contributed by atoms with Crippen molar-refractivity contribution >= 4 is 33.3 Å². The molecular formula is C21H16O5. The lowest BCUT2D eigenvalue weighted by atomic mass is 9.97.